The SMILES string of the molecule is CCOc1ccc(CCCO)cc1F. The van der Waals surface area contributed by atoms with E-state index in [4.69, 9.17) is 9.84 Å². The first kappa shape index (κ1) is 11.0. The summed E-state index contributed by atoms with van der Waals surface area (Å²) in [5, 5.41) is 8.62. The summed E-state index contributed by atoms with van der Waals surface area (Å²) in [7, 11) is 0. The summed E-state index contributed by atoms with van der Waals surface area (Å²) in [5.74, 6) is -0.0393. The number of hydrogen-bond donors (Lipinski definition) is 1. The van der Waals surface area contributed by atoms with Gasteiger partial charge in [0.25, 0.3) is 0 Å². The van der Waals surface area contributed by atoms with Gasteiger partial charge in [-0.1, -0.05) is 6.07 Å². The molecule has 1 aromatic rings. The highest BCUT2D eigenvalue weighted by Crippen LogP contribution is 2.18. The van der Waals surface area contributed by atoms with Gasteiger partial charge in [-0.25, -0.2) is 4.39 Å². The summed E-state index contributed by atoms with van der Waals surface area (Å²) in [4.78, 5) is 0. The van der Waals surface area contributed by atoms with Gasteiger partial charge in [0.15, 0.2) is 11.6 Å². The van der Waals surface area contributed by atoms with Gasteiger partial charge in [-0.3, -0.25) is 0 Å². The zero-order chi connectivity index (χ0) is 10.4. The number of aliphatic hydroxyl groups excluding tert-OH is 1. The van der Waals surface area contributed by atoms with Gasteiger partial charge in [-0.2, -0.15) is 0 Å². The van der Waals surface area contributed by atoms with Crippen LogP contribution < -0.4 is 4.74 Å². The van der Waals surface area contributed by atoms with Crippen LogP contribution in [0.15, 0.2) is 18.2 Å². The van der Waals surface area contributed by atoms with Crippen LogP contribution in [-0.4, -0.2) is 18.3 Å². The van der Waals surface area contributed by atoms with Crippen molar-refractivity contribution in [3.05, 3.63) is 29.6 Å². The molecule has 0 aliphatic heterocycles. The fraction of sp³-hybridized carbons (Fsp3) is 0.455. The molecule has 0 spiro atoms. The highest BCUT2D eigenvalue weighted by molar-refractivity contribution is 5.29. The molecule has 0 bridgehead atoms. The lowest BCUT2D eigenvalue weighted by atomic mass is 10.1. The fourth-order valence-electron chi connectivity index (χ4n) is 1.26. The molecule has 0 unspecified atom stereocenters. The zero-order valence-electron chi connectivity index (χ0n) is 8.29. The number of halogens is 1. The second kappa shape index (κ2) is 5.60. The first-order valence-electron chi connectivity index (χ1n) is 4.80. The Morgan fingerprint density at radius 1 is 1.43 bits per heavy atom. The van der Waals surface area contributed by atoms with Crippen LogP contribution in [0.2, 0.25) is 0 Å². The predicted molar refractivity (Wildman–Crippen MR) is 53.0 cm³/mol. The molecule has 0 amide bonds. The van der Waals surface area contributed by atoms with Crippen molar-refractivity contribution in [1.29, 1.82) is 0 Å². The normalized spacial score (nSPS) is 10.2. The van der Waals surface area contributed by atoms with Gasteiger partial charge in [0, 0.05) is 6.61 Å². The van der Waals surface area contributed by atoms with Gasteiger partial charge < -0.3 is 9.84 Å². The molecule has 0 fully saturated rings. The Bertz CT molecular complexity index is 287. The number of aliphatic hydroxyl groups is 1. The van der Waals surface area contributed by atoms with Gasteiger partial charge >= 0.3 is 0 Å². The van der Waals surface area contributed by atoms with E-state index in [1.54, 1.807) is 6.07 Å². The lowest BCUT2D eigenvalue weighted by Crippen LogP contribution is -1.96. The van der Waals surface area contributed by atoms with E-state index < -0.39 is 0 Å². The minimum absolute atomic E-state index is 0.134. The molecule has 0 heterocycles. The first-order valence-corrected chi connectivity index (χ1v) is 4.80. The lowest BCUT2D eigenvalue weighted by Gasteiger charge is -2.06. The average Bonchev–Trinajstić information content (AvgIpc) is 2.19. The molecule has 0 aliphatic rings. The molecule has 1 aromatic carbocycles. The van der Waals surface area contributed by atoms with Crippen LogP contribution in [0.25, 0.3) is 0 Å². The van der Waals surface area contributed by atoms with E-state index in [0.29, 0.717) is 25.2 Å². The topological polar surface area (TPSA) is 29.5 Å². The Morgan fingerprint density at radius 2 is 2.21 bits per heavy atom. The third kappa shape index (κ3) is 3.00. The van der Waals surface area contributed by atoms with Gasteiger partial charge in [0.1, 0.15) is 0 Å². The highest BCUT2D eigenvalue weighted by Gasteiger charge is 2.03. The zero-order valence-corrected chi connectivity index (χ0v) is 8.29. The van der Waals surface area contributed by atoms with E-state index in [-0.39, 0.29) is 12.4 Å². The van der Waals surface area contributed by atoms with Crippen molar-refractivity contribution >= 4 is 0 Å². The van der Waals surface area contributed by atoms with E-state index in [9.17, 15) is 4.39 Å². The van der Waals surface area contributed by atoms with Crippen LogP contribution in [0.3, 0.4) is 0 Å². The number of aryl methyl sites for hydroxylation is 1. The van der Waals surface area contributed by atoms with Crippen molar-refractivity contribution in [2.45, 2.75) is 19.8 Å². The number of hydrogen-bond acceptors (Lipinski definition) is 2. The van der Waals surface area contributed by atoms with Crippen LogP contribution >= 0.6 is 0 Å². The second-order valence-electron chi connectivity index (χ2n) is 3.02. The van der Waals surface area contributed by atoms with E-state index in [2.05, 4.69) is 0 Å². The summed E-state index contributed by atoms with van der Waals surface area (Å²) in [5.41, 5.74) is 0.889. The molecule has 78 valence electrons. The summed E-state index contributed by atoms with van der Waals surface area (Å²) >= 11 is 0. The Hall–Kier alpha value is -1.09. The van der Waals surface area contributed by atoms with Crippen molar-refractivity contribution < 1.29 is 14.2 Å². The third-order valence-corrected chi connectivity index (χ3v) is 1.92. The molecule has 0 saturated heterocycles. The summed E-state index contributed by atoms with van der Waals surface area (Å²) < 4.78 is 18.3. The molecule has 1 rings (SSSR count). The number of benzene rings is 1. The molecule has 14 heavy (non-hydrogen) atoms. The van der Waals surface area contributed by atoms with Crippen LogP contribution in [-0.2, 0) is 6.42 Å². The van der Waals surface area contributed by atoms with Crippen molar-refractivity contribution in [3.8, 4) is 5.75 Å². The smallest absolute Gasteiger partial charge is 0.165 e. The maximum atomic E-state index is 13.3. The lowest BCUT2D eigenvalue weighted by molar-refractivity contribution is 0.288. The third-order valence-electron chi connectivity index (χ3n) is 1.92. The number of rotatable bonds is 5. The number of ether oxygens (including phenoxy) is 1. The maximum absolute atomic E-state index is 13.3. The molecule has 3 heteroatoms. The summed E-state index contributed by atoms with van der Waals surface area (Å²) in [6.07, 6.45) is 1.35. The average molecular weight is 198 g/mol. The molecular weight excluding hydrogens is 183 g/mol. The quantitative estimate of drug-likeness (QED) is 0.785. The monoisotopic (exact) mass is 198 g/mol. The maximum Gasteiger partial charge on any atom is 0.165 e. The first-order chi connectivity index (χ1) is 6.77. The van der Waals surface area contributed by atoms with Gasteiger partial charge in [-0.05, 0) is 37.5 Å². The van der Waals surface area contributed by atoms with Crippen LogP contribution in [0.5, 0.6) is 5.75 Å². The van der Waals surface area contributed by atoms with Crippen LogP contribution in [0.1, 0.15) is 18.9 Å². The molecular formula is C11H15FO2. The molecule has 1 N–H and O–H groups in total. The molecule has 0 aliphatic carbocycles. The molecule has 0 saturated carbocycles. The van der Waals surface area contributed by atoms with Gasteiger partial charge in [0.05, 0.1) is 6.61 Å². The van der Waals surface area contributed by atoms with Crippen LogP contribution in [0, 0.1) is 5.82 Å². The Labute approximate surface area is 83.3 Å². The molecule has 0 radical (unpaired) electrons. The summed E-state index contributed by atoms with van der Waals surface area (Å²) in [6, 6.07) is 4.91. The predicted octanol–water partition coefficient (Wildman–Crippen LogP) is 2.15. The standard InChI is InChI=1S/C11H15FO2/c1-2-14-11-6-5-9(4-3-7-13)8-10(11)12/h5-6,8,13H,2-4,7H2,1H3. The van der Waals surface area contributed by atoms with Crippen molar-refractivity contribution in [2.24, 2.45) is 0 Å². The Morgan fingerprint density at radius 3 is 2.79 bits per heavy atom. The minimum atomic E-state index is -0.331. The van der Waals surface area contributed by atoms with Crippen molar-refractivity contribution in [3.63, 3.8) is 0 Å². The molecule has 2 nitrogen and oxygen atoms in total. The Kier molecular flexibility index (Phi) is 4.40. The van der Waals surface area contributed by atoms with Gasteiger partial charge in [0.2, 0.25) is 0 Å². The highest BCUT2D eigenvalue weighted by atomic mass is 19.1. The van der Waals surface area contributed by atoms with E-state index in [1.165, 1.54) is 6.07 Å². The van der Waals surface area contributed by atoms with Crippen molar-refractivity contribution in [1.82, 2.24) is 0 Å². The minimum Gasteiger partial charge on any atom is -0.491 e. The second-order valence-corrected chi connectivity index (χ2v) is 3.02. The summed E-state index contributed by atoms with van der Waals surface area (Å²) in [6.45, 7) is 2.42. The van der Waals surface area contributed by atoms with Gasteiger partial charge in [-0.15, -0.1) is 0 Å². The molecule has 0 aromatic heterocycles. The largest absolute Gasteiger partial charge is 0.491 e. The fourth-order valence-corrected chi connectivity index (χ4v) is 1.26. The Balaban J connectivity index is 2.68. The molecule has 0 atom stereocenters. The van der Waals surface area contributed by atoms with Crippen LogP contribution in [0.4, 0.5) is 4.39 Å². The van der Waals surface area contributed by atoms with E-state index in [1.807, 2.05) is 13.0 Å². The van der Waals surface area contributed by atoms with E-state index >= 15 is 0 Å². The van der Waals surface area contributed by atoms with E-state index in [0.717, 1.165) is 5.56 Å². The van der Waals surface area contributed by atoms with Crippen molar-refractivity contribution in [2.75, 3.05) is 13.2 Å².